The van der Waals surface area contributed by atoms with Crippen LogP contribution in [0.3, 0.4) is 0 Å². The zero-order valence-electron chi connectivity index (χ0n) is 12.8. The number of hydrogen-bond donors (Lipinski definition) is 0. The number of rotatable bonds is 7. The molecule has 0 aliphatic rings. The molecule has 0 aliphatic carbocycles. The normalized spacial score (nSPS) is 10.9. The standard InChI is InChI=1S/C16H28NO.BrH/c1-5-6-7-8-13-18-15-9-11-17(12-10-15)14-16(2,3)4;/h9-12H,5-8,13-14H2,1-4H3;1H/q+1;/p-1. The van der Waals surface area contributed by atoms with E-state index in [1.165, 1.54) is 19.3 Å². The van der Waals surface area contributed by atoms with Crippen molar-refractivity contribution in [3.05, 3.63) is 24.5 Å². The molecule has 0 spiro atoms. The Kier molecular flexibility index (Phi) is 9.07. The van der Waals surface area contributed by atoms with Crippen molar-refractivity contribution in [3.63, 3.8) is 0 Å². The quantitative estimate of drug-likeness (QED) is 0.537. The first-order chi connectivity index (χ1) is 8.51. The van der Waals surface area contributed by atoms with Gasteiger partial charge in [0.15, 0.2) is 18.9 Å². The first-order valence-corrected chi connectivity index (χ1v) is 7.13. The molecule has 0 radical (unpaired) electrons. The summed E-state index contributed by atoms with van der Waals surface area (Å²) in [5, 5.41) is 0. The van der Waals surface area contributed by atoms with Crippen molar-refractivity contribution in [3.8, 4) is 5.75 Å². The SMILES string of the molecule is CCCCCCOc1cc[n+](CC(C)(C)C)cc1.[Br-]. The van der Waals surface area contributed by atoms with Crippen LogP contribution in [0.15, 0.2) is 24.5 Å². The van der Waals surface area contributed by atoms with Crippen molar-refractivity contribution in [1.29, 1.82) is 0 Å². The van der Waals surface area contributed by atoms with Crippen molar-refractivity contribution in [2.75, 3.05) is 6.61 Å². The monoisotopic (exact) mass is 329 g/mol. The third-order valence-corrected chi connectivity index (χ3v) is 2.78. The number of hydrogen-bond acceptors (Lipinski definition) is 1. The first kappa shape index (κ1) is 18.4. The van der Waals surface area contributed by atoms with Crippen LogP contribution in [0.4, 0.5) is 0 Å². The molecule has 0 aromatic carbocycles. The van der Waals surface area contributed by atoms with E-state index in [4.69, 9.17) is 4.74 Å². The van der Waals surface area contributed by atoms with Crippen LogP contribution >= 0.6 is 0 Å². The zero-order valence-corrected chi connectivity index (χ0v) is 14.4. The lowest BCUT2D eigenvalue weighted by Gasteiger charge is -2.13. The molecule has 0 unspecified atom stereocenters. The highest BCUT2D eigenvalue weighted by Gasteiger charge is 2.16. The topological polar surface area (TPSA) is 13.1 Å². The van der Waals surface area contributed by atoms with E-state index in [1.54, 1.807) is 0 Å². The fourth-order valence-electron chi connectivity index (χ4n) is 1.91. The minimum Gasteiger partial charge on any atom is -1.00 e. The first-order valence-electron chi connectivity index (χ1n) is 7.13. The van der Waals surface area contributed by atoms with E-state index in [2.05, 4.69) is 56.8 Å². The second-order valence-electron chi connectivity index (χ2n) is 6.18. The van der Waals surface area contributed by atoms with Gasteiger partial charge in [0.1, 0.15) is 5.75 Å². The largest absolute Gasteiger partial charge is 1.00 e. The molecular formula is C16H28BrNO. The Morgan fingerprint density at radius 2 is 1.68 bits per heavy atom. The van der Waals surface area contributed by atoms with Crippen LogP contribution in [0.1, 0.15) is 53.4 Å². The second kappa shape index (κ2) is 9.35. The number of ether oxygens (including phenoxy) is 1. The summed E-state index contributed by atoms with van der Waals surface area (Å²) in [5.41, 5.74) is 0.313. The van der Waals surface area contributed by atoms with Crippen LogP contribution in [0.5, 0.6) is 5.75 Å². The Balaban J connectivity index is 0.00000324. The average Bonchev–Trinajstić information content (AvgIpc) is 2.29. The molecule has 0 bridgehead atoms. The van der Waals surface area contributed by atoms with E-state index in [0.717, 1.165) is 25.3 Å². The lowest BCUT2D eigenvalue weighted by Crippen LogP contribution is -3.00. The van der Waals surface area contributed by atoms with E-state index in [0.29, 0.717) is 5.41 Å². The third-order valence-electron chi connectivity index (χ3n) is 2.78. The zero-order chi connectivity index (χ0) is 13.4. The smallest absolute Gasteiger partial charge is 0.172 e. The van der Waals surface area contributed by atoms with Gasteiger partial charge in [-0.2, -0.15) is 0 Å². The van der Waals surface area contributed by atoms with Crippen LogP contribution in [0.25, 0.3) is 0 Å². The number of nitrogens with zero attached hydrogens (tertiary/aromatic N) is 1. The maximum atomic E-state index is 5.72. The molecule has 19 heavy (non-hydrogen) atoms. The fraction of sp³-hybridized carbons (Fsp3) is 0.688. The molecule has 3 heteroatoms. The van der Waals surface area contributed by atoms with E-state index in [1.807, 2.05) is 0 Å². The van der Waals surface area contributed by atoms with Crippen molar-refractivity contribution in [1.82, 2.24) is 0 Å². The number of pyridine rings is 1. The Morgan fingerprint density at radius 3 is 2.21 bits per heavy atom. The summed E-state index contributed by atoms with van der Waals surface area (Å²) in [7, 11) is 0. The summed E-state index contributed by atoms with van der Waals surface area (Å²) in [6, 6.07) is 4.12. The summed E-state index contributed by atoms with van der Waals surface area (Å²) in [4.78, 5) is 0. The molecule has 110 valence electrons. The summed E-state index contributed by atoms with van der Waals surface area (Å²) >= 11 is 0. The van der Waals surface area contributed by atoms with Crippen LogP contribution in [-0.2, 0) is 6.54 Å². The second-order valence-corrected chi connectivity index (χ2v) is 6.18. The lowest BCUT2D eigenvalue weighted by atomic mass is 9.97. The summed E-state index contributed by atoms with van der Waals surface area (Å²) in [6.07, 6.45) is 9.22. The van der Waals surface area contributed by atoms with Crippen LogP contribution in [-0.4, -0.2) is 6.61 Å². The molecule has 0 amide bonds. The van der Waals surface area contributed by atoms with Gasteiger partial charge >= 0.3 is 0 Å². The summed E-state index contributed by atoms with van der Waals surface area (Å²) in [5.74, 6) is 0.983. The van der Waals surface area contributed by atoms with E-state index in [9.17, 15) is 0 Å². The van der Waals surface area contributed by atoms with Crippen molar-refractivity contribution >= 4 is 0 Å². The van der Waals surface area contributed by atoms with E-state index < -0.39 is 0 Å². The van der Waals surface area contributed by atoms with E-state index >= 15 is 0 Å². The van der Waals surface area contributed by atoms with Gasteiger partial charge in [0.25, 0.3) is 0 Å². The number of unbranched alkanes of at least 4 members (excludes halogenated alkanes) is 3. The van der Waals surface area contributed by atoms with Crippen LogP contribution in [0, 0.1) is 5.41 Å². The Hall–Kier alpha value is -0.570. The molecule has 1 rings (SSSR count). The predicted molar refractivity (Wildman–Crippen MR) is 75.7 cm³/mol. The molecule has 2 nitrogen and oxygen atoms in total. The summed E-state index contributed by atoms with van der Waals surface area (Å²) in [6.45, 7) is 10.8. The fourth-order valence-corrected chi connectivity index (χ4v) is 1.91. The van der Waals surface area contributed by atoms with Crippen molar-refractivity contribution in [2.45, 2.75) is 59.9 Å². The molecule has 1 heterocycles. The summed E-state index contributed by atoms with van der Waals surface area (Å²) < 4.78 is 7.94. The molecule has 0 fully saturated rings. The molecule has 0 N–H and O–H groups in total. The Labute approximate surface area is 129 Å². The maximum absolute atomic E-state index is 5.72. The van der Waals surface area contributed by atoms with Gasteiger partial charge in [-0.25, -0.2) is 4.57 Å². The molecular weight excluding hydrogens is 302 g/mol. The van der Waals surface area contributed by atoms with Gasteiger partial charge in [-0.05, 0) is 6.42 Å². The average molecular weight is 330 g/mol. The Morgan fingerprint density at radius 1 is 1.05 bits per heavy atom. The molecule has 0 saturated carbocycles. The number of aromatic nitrogens is 1. The molecule has 0 atom stereocenters. The Bertz CT molecular complexity index is 330. The highest BCUT2D eigenvalue weighted by atomic mass is 79.9. The molecule has 0 aliphatic heterocycles. The van der Waals surface area contributed by atoms with Gasteiger partial charge in [0, 0.05) is 17.5 Å². The van der Waals surface area contributed by atoms with Gasteiger partial charge in [-0.3, -0.25) is 0 Å². The van der Waals surface area contributed by atoms with Gasteiger partial charge in [-0.15, -0.1) is 0 Å². The molecule has 1 aromatic rings. The van der Waals surface area contributed by atoms with Crippen molar-refractivity contribution in [2.24, 2.45) is 5.41 Å². The maximum Gasteiger partial charge on any atom is 0.172 e. The lowest BCUT2D eigenvalue weighted by molar-refractivity contribution is -0.708. The highest BCUT2D eigenvalue weighted by molar-refractivity contribution is 5.14. The van der Waals surface area contributed by atoms with Crippen LogP contribution < -0.4 is 26.3 Å². The van der Waals surface area contributed by atoms with Crippen LogP contribution in [0.2, 0.25) is 0 Å². The van der Waals surface area contributed by atoms with E-state index in [-0.39, 0.29) is 17.0 Å². The van der Waals surface area contributed by atoms with Gasteiger partial charge in [0.05, 0.1) is 6.61 Å². The molecule has 1 aromatic heterocycles. The van der Waals surface area contributed by atoms with Crippen molar-refractivity contribution < 1.29 is 26.3 Å². The third kappa shape index (κ3) is 9.04. The highest BCUT2D eigenvalue weighted by Crippen LogP contribution is 2.13. The van der Waals surface area contributed by atoms with Gasteiger partial charge < -0.3 is 21.7 Å². The number of halogens is 1. The van der Waals surface area contributed by atoms with Gasteiger partial charge in [-0.1, -0.05) is 47.0 Å². The minimum atomic E-state index is 0. The predicted octanol–water partition coefficient (Wildman–Crippen LogP) is 0.983. The van der Waals surface area contributed by atoms with Gasteiger partial charge in [0.2, 0.25) is 0 Å². The molecule has 0 saturated heterocycles. The minimum absolute atomic E-state index is 0.